The van der Waals surface area contributed by atoms with E-state index < -0.39 is 5.91 Å². The molecule has 154 valence electrons. The number of rotatable bonds is 6. The summed E-state index contributed by atoms with van der Waals surface area (Å²) in [5.41, 5.74) is 4.66. The fraction of sp³-hybridized carbons (Fsp3) is 0.0476. The molecule has 2 N–H and O–H groups in total. The number of nitrogens with one attached hydrogen (secondary N) is 1. The van der Waals surface area contributed by atoms with Gasteiger partial charge in [0.25, 0.3) is 5.91 Å². The molecule has 0 aliphatic heterocycles. The summed E-state index contributed by atoms with van der Waals surface area (Å²) in [5.74, 6) is 0.363. The second-order valence-electron chi connectivity index (χ2n) is 6.08. The SMILES string of the molecule is O=C(N/N=C\c1ccc(OCc2ccc(Br)cc2Br)cc1)c1cc(Br)c(O)c(Br)c1. The summed E-state index contributed by atoms with van der Waals surface area (Å²) in [6.45, 7) is 0.440. The molecule has 0 unspecified atom stereocenters. The third-order valence-corrected chi connectivity index (χ3v) is 6.39. The second-order valence-corrected chi connectivity index (χ2v) is 9.56. The fourth-order valence-corrected chi connectivity index (χ4v) is 4.72. The third-order valence-electron chi connectivity index (χ3n) is 3.95. The molecule has 0 aliphatic rings. The van der Waals surface area contributed by atoms with Crippen molar-refractivity contribution in [2.45, 2.75) is 6.61 Å². The minimum absolute atomic E-state index is 0.0323. The molecule has 0 aromatic heterocycles. The van der Waals surface area contributed by atoms with Crippen LogP contribution in [-0.2, 0) is 6.61 Å². The smallest absolute Gasteiger partial charge is 0.271 e. The largest absolute Gasteiger partial charge is 0.506 e. The molecule has 0 heterocycles. The molecule has 9 heteroatoms. The lowest BCUT2D eigenvalue weighted by molar-refractivity contribution is 0.0955. The van der Waals surface area contributed by atoms with Crippen LogP contribution in [0.4, 0.5) is 0 Å². The van der Waals surface area contributed by atoms with E-state index >= 15 is 0 Å². The van der Waals surface area contributed by atoms with Crippen LogP contribution < -0.4 is 10.2 Å². The third kappa shape index (κ3) is 6.16. The van der Waals surface area contributed by atoms with Crippen molar-refractivity contribution in [2.24, 2.45) is 5.10 Å². The Kier molecular flexibility index (Phi) is 8.10. The van der Waals surface area contributed by atoms with Gasteiger partial charge in [0.2, 0.25) is 0 Å². The Labute approximate surface area is 207 Å². The van der Waals surface area contributed by atoms with E-state index in [1.165, 1.54) is 18.3 Å². The molecule has 1 amide bonds. The number of aromatic hydroxyl groups is 1. The molecule has 0 saturated heterocycles. The number of amides is 1. The van der Waals surface area contributed by atoms with Crippen molar-refractivity contribution in [2.75, 3.05) is 0 Å². The lowest BCUT2D eigenvalue weighted by atomic mass is 10.2. The van der Waals surface area contributed by atoms with Gasteiger partial charge in [0.15, 0.2) is 0 Å². The molecular weight excluding hydrogens is 648 g/mol. The van der Waals surface area contributed by atoms with E-state index in [0.717, 1.165) is 25.8 Å². The number of phenols is 1. The van der Waals surface area contributed by atoms with Crippen LogP contribution >= 0.6 is 63.7 Å². The number of carbonyl (C=O) groups is 1. The predicted molar refractivity (Wildman–Crippen MR) is 131 cm³/mol. The second kappa shape index (κ2) is 10.6. The van der Waals surface area contributed by atoms with E-state index in [1.807, 2.05) is 42.5 Å². The summed E-state index contributed by atoms with van der Waals surface area (Å²) in [5, 5.41) is 13.7. The van der Waals surface area contributed by atoms with Gasteiger partial charge < -0.3 is 9.84 Å². The van der Waals surface area contributed by atoms with Crippen LogP contribution in [-0.4, -0.2) is 17.2 Å². The number of hydrogen-bond donors (Lipinski definition) is 2. The highest BCUT2D eigenvalue weighted by Crippen LogP contribution is 2.33. The van der Waals surface area contributed by atoms with Gasteiger partial charge >= 0.3 is 0 Å². The van der Waals surface area contributed by atoms with Crippen molar-refractivity contribution in [1.82, 2.24) is 5.43 Å². The number of ether oxygens (including phenoxy) is 1. The highest BCUT2D eigenvalue weighted by atomic mass is 79.9. The first-order chi connectivity index (χ1) is 14.3. The Balaban J connectivity index is 1.56. The number of carbonyl (C=O) groups excluding carboxylic acids is 1. The highest BCUT2D eigenvalue weighted by molar-refractivity contribution is 9.11. The summed E-state index contributed by atoms with van der Waals surface area (Å²) in [6, 6.07) is 16.3. The van der Waals surface area contributed by atoms with Gasteiger partial charge in [0.05, 0.1) is 15.2 Å². The summed E-state index contributed by atoms with van der Waals surface area (Å²) in [6.07, 6.45) is 1.54. The summed E-state index contributed by atoms with van der Waals surface area (Å²) in [7, 11) is 0. The van der Waals surface area contributed by atoms with Crippen LogP contribution in [0.3, 0.4) is 0 Å². The predicted octanol–water partition coefficient (Wildman–Crippen LogP) is 6.79. The van der Waals surface area contributed by atoms with Crippen LogP contribution in [0.25, 0.3) is 0 Å². The van der Waals surface area contributed by atoms with Crippen LogP contribution in [0.15, 0.2) is 77.6 Å². The number of hydrogen-bond acceptors (Lipinski definition) is 4. The Morgan fingerprint density at radius 1 is 0.967 bits per heavy atom. The van der Waals surface area contributed by atoms with Crippen molar-refractivity contribution < 1.29 is 14.6 Å². The molecule has 3 rings (SSSR count). The highest BCUT2D eigenvalue weighted by Gasteiger charge is 2.11. The van der Waals surface area contributed by atoms with E-state index in [4.69, 9.17) is 4.74 Å². The fourth-order valence-electron chi connectivity index (χ4n) is 2.38. The normalized spacial score (nSPS) is 10.9. The van der Waals surface area contributed by atoms with Gasteiger partial charge in [0, 0.05) is 20.1 Å². The van der Waals surface area contributed by atoms with Gasteiger partial charge in [-0.05, 0) is 86.0 Å². The zero-order valence-corrected chi connectivity index (χ0v) is 21.5. The first-order valence-corrected chi connectivity index (χ1v) is 11.7. The molecule has 0 saturated carbocycles. The Hall–Kier alpha value is -1.68. The number of phenolic OH excluding ortho intramolecular Hbond substituents is 1. The number of halogens is 4. The Morgan fingerprint density at radius 2 is 1.63 bits per heavy atom. The molecule has 0 atom stereocenters. The maximum absolute atomic E-state index is 12.2. The molecular formula is C21H14Br4N2O3. The number of benzene rings is 3. The first-order valence-electron chi connectivity index (χ1n) is 8.51. The lowest BCUT2D eigenvalue weighted by Gasteiger charge is -2.08. The van der Waals surface area contributed by atoms with Crippen molar-refractivity contribution in [3.05, 3.63) is 89.2 Å². The van der Waals surface area contributed by atoms with Crippen molar-refractivity contribution in [3.63, 3.8) is 0 Å². The van der Waals surface area contributed by atoms with Gasteiger partial charge in [-0.2, -0.15) is 5.10 Å². The van der Waals surface area contributed by atoms with Gasteiger partial charge in [-0.3, -0.25) is 4.79 Å². The van der Waals surface area contributed by atoms with Gasteiger partial charge in [-0.15, -0.1) is 0 Å². The minimum atomic E-state index is -0.396. The standard InChI is InChI=1S/C21H14Br4N2O3/c22-15-4-3-13(17(23)9-15)11-30-16-5-1-12(2-6-16)10-26-27-21(29)14-7-18(24)20(28)19(25)8-14/h1-10,28H,11H2,(H,27,29)/b26-10-. The zero-order valence-electron chi connectivity index (χ0n) is 15.2. The molecule has 30 heavy (non-hydrogen) atoms. The molecule has 0 aliphatic carbocycles. The van der Waals surface area contributed by atoms with Crippen LogP contribution in [0.1, 0.15) is 21.5 Å². The average molecular weight is 662 g/mol. The van der Waals surface area contributed by atoms with E-state index in [-0.39, 0.29) is 5.75 Å². The maximum atomic E-state index is 12.2. The topological polar surface area (TPSA) is 70.9 Å². The number of nitrogens with zero attached hydrogens (tertiary/aromatic N) is 1. The molecule has 0 fully saturated rings. The Bertz CT molecular complexity index is 1080. The van der Waals surface area contributed by atoms with Crippen LogP contribution in [0.2, 0.25) is 0 Å². The average Bonchev–Trinajstić information content (AvgIpc) is 2.72. The van der Waals surface area contributed by atoms with E-state index in [9.17, 15) is 9.90 Å². The van der Waals surface area contributed by atoms with Crippen molar-refractivity contribution >= 4 is 75.8 Å². The molecule has 3 aromatic carbocycles. The van der Waals surface area contributed by atoms with Crippen molar-refractivity contribution in [3.8, 4) is 11.5 Å². The van der Waals surface area contributed by atoms with Gasteiger partial charge in [0.1, 0.15) is 18.1 Å². The molecule has 0 bridgehead atoms. The molecule has 0 radical (unpaired) electrons. The number of hydrazone groups is 1. The van der Waals surface area contributed by atoms with E-state index in [0.29, 0.717) is 21.1 Å². The van der Waals surface area contributed by atoms with Crippen molar-refractivity contribution in [1.29, 1.82) is 0 Å². The monoisotopic (exact) mass is 658 g/mol. The first kappa shape index (κ1) is 23.0. The summed E-state index contributed by atoms with van der Waals surface area (Å²) >= 11 is 13.3. The summed E-state index contributed by atoms with van der Waals surface area (Å²) in [4.78, 5) is 12.2. The molecule has 3 aromatic rings. The minimum Gasteiger partial charge on any atom is -0.506 e. The Morgan fingerprint density at radius 3 is 2.27 bits per heavy atom. The lowest BCUT2D eigenvalue weighted by Crippen LogP contribution is -2.17. The molecule has 5 nitrogen and oxygen atoms in total. The van der Waals surface area contributed by atoms with Crippen LogP contribution in [0, 0.1) is 0 Å². The van der Waals surface area contributed by atoms with E-state index in [1.54, 1.807) is 0 Å². The van der Waals surface area contributed by atoms with E-state index in [2.05, 4.69) is 74.2 Å². The molecule has 0 spiro atoms. The van der Waals surface area contributed by atoms with Crippen LogP contribution in [0.5, 0.6) is 11.5 Å². The summed E-state index contributed by atoms with van der Waals surface area (Å²) < 4.78 is 8.61. The van der Waals surface area contributed by atoms with Gasteiger partial charge in [-0.1, -0.05) is 37.9 Å². The maximum Gasteiger partial charge on any atom is 0.271 e. The quantitative estimate of drug-likeness (QED) is 0.226. The zero-order chi connectivity index (χ0) is 21.7. The van der Waals surface area contributed by atoms with Gasteiger partial charge in [-0.25, -0.2) is 5.43 Å².